The topological polar surface area (TPSA) is 79.3 Å². The monoisotopic (exact) mass is 334 g/mol. The molecule has 0 radical (unpaired) electrons. The fourth-order valence-electron chi connectivity index (χ4n) is 1.83. The Morgan fingerprint density at radius 3 is 2.50 bits per heavy atom. The highest BCUT2D eigenvalue weighted by molar-refractivity contribution is 9.10. The Bertz CT molecular complexity index is 612. The summed E-state index contributed by atoms with van der Waals surface area (Å²) in [6.07, 6.45) is 0.621. The number of hydrogen-bond acceptors (Lipinski definition) is 3. The molecule has 2 aromatic carbocycles. The number of nitrogens with one attached hydrogen (secondary N) is 1. The third-order valence-corrected chi connectivity index (χ3v) is 3.46. The first-order valence-corrected chi connectivity index (χ1v) is 6.91. The van der Waals surface area contributed by atoms with E-state index < -0.39 is 0 Å². The van der Waals surface area contributed by atoms with Gasteiger partial charge in [0.2, 0.25) is 0 Å². The Morgan fingerprint density at radius 1 is 1.20 bits per heavy atom. The van der Waals surface area contributed by atoms with Crippen LogP contribution in [-0.2, 0) is 6.42 Å². The number of nitrogens with two attached hydrogens (primary N) is 1. The standard InChI is InChI=1S/C15H15BrN2O2/c16-12-2-1-3-13(14(12)15(17)18)20-11-6-4-10(5-7-11)8-9-19/h1-7,19H,8-9H2,(H3,17,18). The molecule has 0 heterocycles. The Balaban J connectivity index is 2.26. The van der Waals surface area contributed by atoms with Crippen LogP contribution in [0.15, 0.2) is 46.9 Å². The highest BCUT2D eigenvalue weighted by Crippen LogP contribution is 2.30. The zero-order valence-corrected chi connectivity index (χ0v) is 12.4. The molecule has 0 fully saturated rings. The molecule has 0 aliphatic rings. The van der Waals surface area contributed by atoms with Crippen molar-refractivity contribution >= 4 is 21.8 Å². The molecule has 0 bridgehead atoms. The number of rotatable bonds is 5. The Hall–Kier alpha value is -1.85. The second-order valence-electron chi connectivity index (χ2n) is 4.25. The van der Waals surface area contributed by atoms with Gasteiger partial charge in [-0.05, 0) is 52.2 Å². The van der Waals surface area contributed by atoms with Gasteiger partial charge >= 0.3 is 0 Å². The number of halogens is 1. The average molecular weight is 335 g/mol. The number of nitrogen functional groups attached to an aromatic ring is 1. The van der Waals surface area contributed by atoms with Gasteiger partial charge in [0.1, 0.15) is 17.3 Å². The second-order valence-corrected chi connectivity index (χ2v) is 5.10. The van der Waals surface area contributed by atoms with Gasteiger partial charge in [0, 0.05) is 11.1 Å². The zero-order valence-electron chi connectivity index (χ0n) is 10.8. The van der Waals surface area contributed by atoms with Crippen LogP contribution in [-0.4, -0.2) is 17.5 Å². The summed E-state index contributed by atoms with van der Waals surface area (Å²) in [6, 6.07) is 12.9. The van der Waals surface area contributed by atoms with Gasteiger partial charge < -0.3 is 15.6 Å². The lowest BCUT2D eigenvalue weighted by Crippen LogP contribution is -2.13. The van der Waals surface area contributed by atoms with Gasteiger partial charge in [-0.1, -0.05) is 18.2 Å². The van der Waals surface area contributed by atoms with E-state index in [0.717, 1.165) is 10.0 Å². The van der Waals surface area contributed by atoms with Crippen LogP contribution < -0.4 is 10.5 Å². The Labute approximate surface area is 125 Å². The van der Waals surface area contributed by atoms with Crippen LogP contribution in [0.25, 0.3) is 0 Å². The van der Waals surface area contributed by atoms with Crippen LogP contribution >= 0.6 is 15.9 Å². The maximum atomic E-state index is 8.88. The number of aliphatic hydroxyl groups excluding tert-OH is 1. The van der Waals surface area contributed by atoms with Crippen LogP contribution in [0.3, 0.4) is 0 Å². The van der Waals surface area contributed by atoms with E-state index in [1.54, 1.807) is 6.07 Å². The first kappa shape index (κ1) is 14.6. The summed E-state index contributed by atoms with van der Waals surface area (Å²) in [5.41, 5.74) is 7.15. The summed E-state index contributed by atoms with van der Waals surface area (Å²) >= 11 is 3.36. The van der Waals surface area contributed by atoms with Gasteiger partial charge in [-0.15, -0.1) is 0 Å². The van der Waals surface area contributed by atoms with E-state index in [2.05, 4.69) is 15.9 Å². The minimum Gasteiger partial charge on any atom is -0.457 e. The molecule has 20 heavy (non-hydrogen) atoms. The Morgan fingerprint density at radius 2 is 1.90 bits per heavy atom. The molecule has 0 saturated carbocycles. The van der Waals surface area contributed by atoms with Crippen LogP contribution in [0.1, 0.15) is 11.1 Å². The zero-order chi connectivity index (χ0) is 14.5. The minimum atomic E-state index is -0.0515. The van der Waals surface area contributed by atoms with Crippen LogP contribution in [0.2, 0.25) is 0 Å². The highest BCUT2D eigenvalue weighted by atomic mass is 79.9. The molecule has 0 aromatic heterocycles. The SMILES string of the molecule is N=C(N)c1c(Br)cccc1Oc1ccc(CCO)cc1. The summed E-state index contributed by atoms with van der Waals surface area (Å²) < 4.78 is 6.49. The lowest BCUT2D eigenvalue weighted by molar-refractivity contribution is 0.299. The molecule has 0 amide bonds. The molecular weight excluding hydrogens is 320 g/mol. The maximum Gasteiger partial charge on any atom is 0.139 e. The van der Waals surface area contributed by atoms with Crippen molar-refractivity contribution < 1.29 is 9.84 Å². The third-order valence-electron chi connectivity index (χ3n) is 2.80. The molecule has 5 heteroatoms. The quantitative estimate of drug-likeness (QED) is 0.580. The molecule has 0 spiro atoms. The van der Waals surface area contributed by atoms with Crippen molar-refractivity contribution in [2.75, 3.05) is 6.61 Å². The highest BCUT2D eigenvalue weighted by Gasteiger charge is 2.11. The van der Waals surface area contributed by atoms with Crippen LogP contribution in [0.4, 0.5) is 0 Å². The lowest BCUT2D eigenvalue weighted by atomic mass is 10.1. The van der Waals surface area contributed by atoms with Gasteiger partial charge in [0.15, 0.2) is 0 Å². The number of hydrogen-bond donors (Lipinski definition) is 3. The second kappa shape index (κ2) is 6.54. The average Bonchev–Trinajstić information content (AvgIpc) is 2.41. The molecule has 0 aliphatic carbocycles. The van der Waals surface area contributed by atoms with Crippen molar-refractivity contribution in [2.24, 2.45) is 5.73 Å². The summed E-state index contributed by atoms with van der Waals surface area (Å²) in [5, 5.41) is 16.5. The molecule has 0 atom stereocenters. The molecule has 104 valence electrons. The van der Waals surface area contributed by atoms with E-state index >= 15 is 0 Å². The van der Waals surface area contributed by atoms with Crippen molar-refractivity contribution in [3.63, 3.8) is 0 Å². The van der Waals surface area contributed by atoms with Gasteiger partial charge in [0.25, 0.3) is 0 Å². The molecule has 2 rings (SSSR count). The molecular formula is C15H15BrN2O2. The third kappa shape index (κ3) is 3.37. The van der Waals surface area contributed by atoms with Crippen molar-refractivity contribution in [1.82, 2.24) is 0 Å². The van der Waals surface area contributed by atoms with E-state index in [-0.39, 0.29) is 12.4 Å². The lowest BCUT2D eigenvalue weighted by Gasteiger charge is -2.12. The van der Waals surface area contributed by atoms with Crippen LogP contribution in [0.5, 0.6) is 11.5 Å². The van der Waals surface area contributed by atoms with Crippen molar-refractivity contribution in [2.45, 2.75) is 6.42 Å². The van der Waals surface area contributed by atoms with Crippen molar-refractivity contribution in [3.8, 4) is 11.5 Å². The van der Waals surface area contributed by atoms with E-state index in [0.29, 0.717) is 23.5 Å². The predicted octanol–water partition coefficient (Wildman–Crippen LogP) is 3.06. The molecule has 2 aromatic rings. The number of amidine groups is 1. The summed E-state index contributed by atoms with van der Waals surface area (Å²) in [4.78, 5) is 0. The number of aliphatic hydroxyl groups is 1. The fourth-order valence-corrected chi connectivity index (χ4v) is 2.39. The summed E-state index contributed by atoms with van der Waals surface area (Å²) in [6.45, 7) is 0.125. The molecule has 0 unspecified atom stereocenters. The first-order valence-electron chi connectivity index (χ1n) is 6.12. The summed E-state index contributed by atoms with van der Waals surface area (Å²) in [7, 11) is 0. The van der Waals surface area contributed by atoms with Crippen molar-refractivity contribution in [3.05, 3.63) is 58.1 Å². The number of benzene rings is 2. The largest absolute Gasteiger partial charge is 0.457 e. The van der Waals surface area contributed by atoms with Gasteiger partial charge in [-0.25, -0.2) is 0 Å². The first-order chi connectivity index (χ1) is 9.61. The smallest absolute Gasteiger partial charge is 0.139 e. The minimum absolute atomic E-state index is 0.0515. The van der Waals surface area contributed by atoms with Crippen molar-refractivity contribution in [1.29, 1.82) is 5.41 Å². The molecule has 0 aliphatic heterocycles. The van der Waals surface area contributed by atoms with Gasteiger partial charge in [-0.2, -0.15) is 0 Å². The van der Waals surface area contributed by atoms with Gasteiger partial charge in [0.05, 0.1) is 5.56 Å². The predicted molar refractivity (Wildman–Crippen MR) is 82.5 cm³/mol. The van der Waals surface area contributed by atoms with E-state index in [1.165, 1.54) is 0 Å². The molecule has 4 nitrogen and oxygen atoms in total. The summed E-state index contributed by atoms with van der Waals surface area (Å²) in [5.74, 6) is 1.14. The van der Waals surface area contributed by atoms with E-state index in [1.807, 2.05) is 36.4 Å². The Kier molecular flexibility index (Phi) is 4.76. The van der Waals surface area contributed by atoms with E-state index in [4.69, 9.17) is 21.0 Å². The number of ether oxygens (including phenoxy) is 1. The van der Waals surface area contributed by atoms with Gasteiger partial charge in [-0.3, -0.25) is 5.41 Å². The maximum absolute atomic E-state index is 8.88. The normalized spacial score (nSPS) is 10.3. The molecule has 4 N–H and O–H groups in total. The fraction of sp³-hybridized carbons (Fsp3) is 0.133. The van der Waals surface area contributed by atoms with Crippen LogP contribution in [0, 0.1) is 5.41 Å². The molecule has 0 saturated heterocycles. The van der Waals surface area contributed by atoms with E-state index in [9.17, 15) is 0 Å².